The van der Waals surface area contributed by atoms with E-state index in [1.807, 2.05) is 41.8 Å². The SMILES string of the molecule is NSc1cccccccs1. The van der Waals surface area contributed by atoms with Crippen molar-refractivity contribution in [2.75, 3.05) is 0 Å². The van der Waals surface area contributed by atoms with Crippen LogP contribution < -0.4 is 5.14 Å². The minimum Gasteiger partial charge on any atom is -0.273 e. The zero-order chi connectivity index (χ0) is 7.94. The first kappa shape index (κ1) is 8.59. The summed E-state index contributed by atoms with van der Waals surface area (Å²) in [5, 5.41) is 7.42. The van der Waals surface area contributed by atoms with Crippen LogP contribution in [0.5, 0.6) is 0 Å². The molecule has 1 aromatic rings. The third kappa shape index (κ3) is 3.41. The molecular weight excluding hydrogens is 174 g/mol. The fraction of sp³-hybridized carbons (Fsp3) is 0. The molecule has 0 aromatic carbocycles. The van der Waals surface area contributed by atoms with E-state index in [0.29, 0.717) is 0 Å². The predicted molar refractivity (Wildman–Crippen MR) is 52.0 cm³/mol. The Labute approximate surface area is 74.7 Å². The molecule has 0 aliphatic heterocycles. The molecule has 0 amide bonds. The Morgan fingerprint density at radius 2 is 1.82 bits per heavy atom. The molecule has 0 aliphatic rings. The van der Waals surface area contributed by atoms with Crippen LogP contribution in [0.3, 0.4) is 0 Å². The van der Waals surface area contributed by atoms with E-state index in [1.54, 1.807) is 11.3 Å². The third-order valence-corrected chi connectivity index (χ3v) is 2.66. The minimum atomic E-state index is 1.10. The van der Waals surface area contributed by atoms with Gasteiger partial charge in [0.1, 0.15) is 0 Å². The molecule has 0 saturated carbocycles. The molecule has 11 heavy (non-hydrogen) atoms. The van der Waals surface area contributed by atoms with E-state index < -0.39 is 0 Å². The standard InChI is InChI=1S/C8H9NS2/c9-11-8-6-4-2-1-3-5-7-10-8/h1-7H,9H2. The first-order valence-corrected chi connectivity index (χ1v) is 4.93. The lowest BCUT2D eigenvalue weighted by Crippen LogP contribution is -1.71. The number of hydrogen-bond donors (Lipinski definition) is 1. The molecule has 0 fully saturated rings. The number of rotatable bonds is 1. The van der Waals surface area contributed by atoms with E-state index >= 15 is 0 Å². The summed E-state index contributed by atoms with van der Waals surface area (Å²) < 4.78 is 1.10. The topological polar surface area (TPSA) is 26.0 Å². The minimum absolute atomic E-state index is 1.10. The molecule has 0 unspecified atom stereocenters. The molecule has 0 radical (unpaired) electrons. The molecule has 0 aliphatic carbocycles. The highest BCUT2D eigenvalue weighted by atomic mass is 32.2. The van der Waals surface area contributed by atoms with Crippen LogP contribution in [0, 0.1) is 0 Å². The number of nitrogens with two attached hydrogens (primary N) is 1. The average molecular weight is 183 g/mol. The van der Waals surface area contributed by atoms with Gasteiger partial charge in [0.05, 0.1) is 4.21 Å². The first-order valence-electron chi connectivity index (χ1n) is 3.17. The van der Waals surface area contributed by atoms with Crippen LogP contribution in [0.15, 0.2) is 46.0 Å². The molecule has 2 N–H and O–H groups in total. The summed E-state index contributed by atoms with van der Waals surface area (Å²) in [6.45, 7) is 0. The van der Waals surface area contributed by atoms with Crippen molar-refractivity contribution in [2.45, 2.75) is 4.21 Å². The van der Waals surface area contributed by atoms with Gasteiger partial charge in [-0.25, -0.2) is 0 Å². The van der Waals surface area contributed by atoms with E-state index in [9.17, 15) is 0 Å². The normalized spacial score (nSPS) is 8.82. The summed E-state index contributed by atoms with van der Waals surface area (Å²) in [5.74, 6) is 0. The highest BCUT2D eigenvalue weighted by Crippen LogP contribution is 2.13. The molecule has 0 saturated heterocycles. The predicted octanol–water partition coefficient (Wildman–Crippen LogP) is 2.84. The van der Waals surface area contributed by atoms with Crippen molar-refractivity contribution in [3.63, 3.8) is 0 Å². The Morgan fingerprint density at radius 1 is 1.09 bits per heavy atom. The summed E-state index contributed by atoms with van der Waals surface area (Å²) in [6, 6.07) is 11.9. The van der Waals surface area contributed by atoms with Gasteiger partial charge in [-0.15, -0.1) is 11.3 Å². The van der Waals surface area contributed by atoms with Crippen LogP contribution in [-0.2, 0) is 0 Å². The highest BCUT2D eigenvalue weighted by molar-refractivity contribution is 7.98. The summed E-state index contributed by atoms with van der Waals surface area (Å²) in [4.78, 5) is 0. The summed E-state index contributed by atoms with van der Waals surface area (Å²) in [6.07, 6.45) is 0. The maximum Gasteiger partial charge on any atom is 0.0748 e. The van der Waals surface area contributed by atoms with Crippen LogP contribution in [-0.4, -0.2) is 0 Å². The van der Waals surface area contributed by atoms with Crippen molar-refractivity contribution in [3.8, 4) is 0 Å². The summed E-state index contributed by atoms with van der Waals surface area (Å²) in [7, 11) is 0. The van der Waals surface area contributed by atoms with Crippen molar-refractivity contribution in [1.29, 1.82) is 0 Å². The van der Waals surface area contributed by atoms with Gasteiger partial charge in [0.2, 0.25) is 0 Å². The van der Waals surface area contributed by atoms with Crippen LogP contribution in [0.25, 0.3) is 0 Å². The van der Waals surface area contributed by atoms with Crippen LogP contribution in [0.1, 0.15) is 0 Å². The first-order chi connectivity index (χ1) is 5.43. The van der Waals surface area contributed by atoms with Gasteiger partial charge in [0.15, 0.2) is 0 Å². The molecule has 58 valence electrons. The molecule has 3 heteroatoms. The van der Waals surface area contributed by atoms with Gasteiger partial charge >= 0.3 is 0 Å². The van der Waals surface area contributed by atoms with E-state index in [2.05, 4.69) is 0 Å². The third-order valence-electron chi connectivity index (χ3n) is 1.06. The van der Waals surface area contributed by atoms with Crippen LogP contribution >= 0.6 is 23.3 Å². The van der Waals surface area contributed by atoms with E-state index in [4.69, 9.17) is 5.14 Å². The second kappa shape index (κ2) is 5.18. The van der Waals surface area contributed by atoms with E-state index in [-0.39, 0.29) is 0 Å². The quantitative estimate of drug-likeness (QED) is 0.677. The second-order valence-electron chi connectivity index (χ2n) is 1.82. The largest absolute Gasteiger partial charge is 0.273 e. The van der Waals surface area contributed by atoms with Gasteiger partial charge < -0.3 is 0 Å². The van der Waals surface area contributed by atoms with Crippen molar-refractivity contribution in [2.24, 2.45) is 5.14 Å². The molecule has 1 rings (SSSR count). The number of hydrogen-bond acceptors (Lipinski definition) is 3. The average Bonchev–Trinajstić information content (AvgIpc) is 2.16. The lowest BCUT2D eigenvalue weighted by Gasteiger charge is -1.84. The van der Waals surface area contributed by atoms with Gasteiger partial charge in [0.25, 0.3) is 0 Å². The Balaban J connectivity index is 3.07. The highest BCUT2D eigenvalue weighted by Gasteiger charge is 1.80. The van der Waals surface area contributed by atoms with Crippen LogP contribution in [0.2, 0.25) is 0 Å². The molecule has 1 heterocycles. The molecule has 0 bridgehead atoms. The molecule has 0 spiro atoms. The van der Waals surface area contributed by atoms with Crippen molar-refractivity contribution in [3.05, 3.63) is 41.8 Å². The smallest absolute Gasteiger partial charge is 0.0748 e. The Hall–Kier alpha value is -0.510. The monoisotopic (exact) mass is 183 g/mol. The lowest BCUT2D eigenvalue weighted by atomic mass is 10.5. The lowest BCUT2D eigenvalue weighted by molar-refractivity contribution is 1.67. The molecular formula is C8H9NS2. The maximum absolute atomic E-state index is 5.41. The van der Waals surface area contributed by atoms with E-state index in [1.165, 1.54) is 11.9 Å². The molecule has 0 atom stereocenters. The van der Waals surface area contributed by atoms with Gasteiger partial charge in [-0.1, -0.05) is 30.3 Å². The van der Waals surface area contributed by atoms with E-state index in [0.717, 1.165) is 4.21 Å². The van der Waals surface area contributed by atoms with Crippen LogP contribution in [0.4, 0.5) is 0 Å². The summed E-state index contributed by atoms with van der Waals surface area (Å²) >= 11 is 2.90. The summed E-state index contributed by atoms with van der Waals surface area (Å²) in [5.41, 5.74) is 0. The zero-order valence-corrected chi connectivity index (χ0v) is 7.57. The van der Waals surface area contributed by atoms with Crippen molar-refractivity contribution < 1.29 is 0 Å². The molecule has 1 aromatic heterocycles. The zero-order valence-electron chi connectivity index (χ0n) is 5.94. The maximum atomic E-state index is 5.41. The Kier molecular flexibility index (Phi) is 4.04. The Morgan fingerprint density at radius 3 is 2.64 bits per heavy atom. The van der Waals surface area contributed by atoms with Crippen molar-refractivity contribution >= 4 is 23.3 Å². The van der Waals surface area contributed by atoms with Gasteiger partial charge in [-0.3, -0.25) is 5.14 Å². The fourth-order valence-corrected chi connectivity index (χ4v) is 1.59. The Bertz CT molecular complexity index is 232. The van der Waals surface area contributed by atoms with Gasteiger partial charge in [0, 0.05) is 0 Å². The van der Waals surface area contributed by atoms with Gasteiger partial charge in [-0.2, -0.15) is 0 Å². The fourth-order valence-electron chi connectivity index (χ4n) is 0.585. The molecule has 1 nitrogen and oxygen atoms in total. The van der Waals surface area contributed by atoms with Crippen molar-refractivity contribution in [1.82, 2.24) is 0 Å². The second-order valence-corrected chi connectivity index (χ2v) is 3.70. The van der Waals surface area contributed by atoms with Gasteiger partial charge in [-0.05, 0) is 23.4 Å².